The molecule has 2 aliphatic rings. The fraction of sp³-hybridized carbons (Fsp3) is 0.414. The summed E-state index contributed by atoms with van der Waals surface area (Å²) in [6, 6.07) is 16.2. The standard InChI is InChI=1S/C29H35N7O2/c37-25-12-6-21(7-13-25)14-15-30-27-26-28(36(20-31-26)24-4-2-1-3-5-24)34-29(33-27)32-22-8-10-23(11-9-22)35-16-18-38-19-17-35/h6-13,20,24,37H,1-5,14-19H2,(H2,30,32,33,34). The number of imidazole rings is 1. The lowest BCUT2D eigenvalue weighted by Gasteiger charge is -2.28. The SMILES string of the molecule is Oc1ccc(CCNc2nc(Nc3ccc(N4CCOCC4)cc3)nc3c2ncn3C2CCCCC2)cc1. The number of hydrogen-bond donors (Lipinski definition) is 3. The quantitative estimate of drug-likeness (QED) is 0.293. The molecule has 9 nitrogen and oxygen atoms in total. The van der Waals surface area contributed by atoms with Crippen molar-refractivity contribution in [3.8, 4) is 5.75 Å². The Morgan fingerprint density at radius 1 is 0.921 bits per heavy atom. The van der Waals surface area contributed by atoms with Crippen LogP contribution >= 0.6 is 0 Å². The molecule has 198 valence electrons. The first-order valence-corrected chi connectivity index (χ1v) is 13.7. The minimum absolute atomic E-state index is 0.279. The summed E-state index contributed by atoms with van der Waals surface area (Å²) >= 11 is 0. The van der Waals surface area contributed by atoms with Gasteiger partial charge in [0, 0.05) is 37.1 Å². The number of hydrogen-bond acceptors (Lipinski definition) is 8. The Morgan fingerprint density at radius 2 is 1.68 bits per heavy atom. The molecule has 0 amide bonds. The molecule has 0 bridgehead atoms. The highest BCUT2D eigenvalue weighted by atomic mass is 16.5. The van der Waals surface area contributed by atoms with Gasteiger partial charge in [-0.1, -0.05) is 31.4 Å². The van der Waals surface area contributed by atoms with Crippen LogP contribution in [0.2, 0.25) is 0 Å². The summed E-state index contributed by atoms with van der Waals surface area (Å²) in [6.45, 7) is 4.06. The lowest BCUT2D eigenvalue weighted by molar-refractivity contribution is 0.122. The number of ether oxygens (including phenoxy) is 1. The van der Waals surface area contributed by atoms with Crippen molar-refractivity contribution >= 4 is 34.3 Å². The normalized spacial score (nSPS) is 16.6. The summed E-state index contributed by atoms with van der Waals surface area (Å²) < 4.78 is 7.73. The Balaban J connectivity index is 1.25. The predicted molar refractivity (Wildman–Crippen MR) is 151 cm³/mol. The number of nitrogens with one attached hydrogen (secondary N) is 2. The molecule has 0 radical (unpaired) electrons. The highest BCUT2D eigenvalue weighted by Crippen LogP contribution is 2.32. The van der Waals surface area contributed by atoms with Gasteiger partial charge in [0.15, 0.2) is 17.0 Å². The van der Waals surface area contributed by atoms with Crippen LogP contribution in [-0.2, 0) is 11.2 Å². The molecule has 2 fully saturated rings. The molecular weight excluding hydrogens is 478 g/mol. The van der Waals surface area contributed by atoms with Gasteiger partial charge in [0.1, 0.15) is 5.75 Å². The Hall–Kier alpha value is -3.85. The maximum absolute atomic E-state index is 9.56. The molecule has 0 atom stereocenters. The molecular formula is C29H35N7O2. The van der Waals surface area contributed by atoms with Crippen molar-refractivity contribution in [3.05, 3.63) is 60.4 Å². The van der Waals surface area contributed by atoms with Gasteiger partial charge in [-0.15, -0.1) is 0 Å². The second kappa shape index (κ2) is 11.3. The van der Waals surface area contributed by atoms with Crippen molar-refractivity contribution in [2.24, 2.45) is 0 Å². The molecule has 9 heteroatoms. The lowest BCUT2D eigenvalue weighted by atomic mass is 9.95. The highest BCUT2D eigenvalue weighted by Gasteiger charge is 2.21. The Morgan fingerprint density at radius 3 is 2.45 bits per heavy atom. The molecule has 2 aromatic carbocycles. The van der Waals surface area contributed by atoms with Crippen molar-refractivity contribution < 1.29 is 9.84 Å². The fourth-order valence-electron chi connectivity index (χ4n) is 5.42. The number of phenols is 1. The van der Waals surface area contributed by atoms with Gasteiger partial charge in [-0.05, 0) is 61.2 Å². The molecule has 1 aliphatic carbocycles. The average Bonchev–Trinajstić information content (AvgIpc) is 3.40. The van der Waals surface area contributed by atoms with Gasteiger partial charge in [0.05, 0.1) is 19.5 Å². The number of fused-ring (bicyclic) bond motifs is 1. The van der Waals surface area contributed by atoms with Crippen LogP contribution in [0.5, 0.6) is 5.75 Å². The largest absolute Gasteiger partial charge is 0.508 e. The van der Waals surface area contributed by atoms with E-state index in [-0.39, 0.29) is 5.75 Å². The first-order chi connectivity index (χ1) is 18.7. The Labute approximate surface area is 222 Å². The van der Waals surface area contributed by atoms with Gasteiger partial charge in [0.2, 0.25) is 5.95 Å². The number of anilines is 4. The van der Waals surface area contributed by atoms with Gasteiger partial charge in [-0.3, -0.25) is 0 Å². The van der Waals surface area contributed by atoms with E-state index < -0.39 is 0 Å². The van der Waals surface area contributed by atoms with Crippen molar-refractivity contribution in [2.45, 2.75) is 44.6 Å². The smallest absolute Gasteiger partial charge is 0.231 e. The van der Waals surface area contributed by atoms with Crippen LogP contribution in [-0.4, -0.2) is 57.5 Å². The van der Waals surface area contributed by atoms with Crippen LogP contribution in [0.15, 0.2) is 54.9 Å². The van der Waals surface area contributed by atoms with Gasteiger partial charge in [-0.25, -0.2) is 4.98 Å². The zero-order valence-corrected chi connectivity index (χ0v) is 21.6. The third-order valence-corrected chi connectivity index (χ3v) is 7.53. The summed E-state index contributed by atoms with van der Waals surface area (Å²) in [6.07, 6.45) is 8.84. The van der Waals surface area contributed by atoms with Crippen LogP contribution in [0.3, 0.4) is 0 Å². The molecule has 0 spiro atoms. The molecule has 38 heavy (non-hydrogen) atoms. The van der Waals surface area contributed by atoms with E-state index in [4.69, 9.17) is 19.7 Å². The highest BCUT2D eigenvalue weighted by molar-refractivity contribution is 5.85. The van der Waals surface area contributed by atoms with E-state index in [2.05, 4.69) is 44.4 Å². The number of morpholine rings is 1. The fourth-order valence-corrected chi connectivity index (χ4v) is 5.42. The topological polar surface area (TPSA) is 100 Å². The molecule has 3 heterocycles. The summed E-state index contributed by atoms with van der Waals surface area (Å²) in [5, 5.41) is 16.5. The van der Waals surface area contributed by atoms with Crippen LogP contribution in [0.25, 0.3) is 11.2 Å². The van der Waals surface area contributed by atoms with E-state index in [1.165, 1.54) is 24.9 Å². The van der Waals surface area contributed by atoms with E-state index in [1.807, 2.05) is 18.5 Å². The first kappa shape index (κ1) is 24.5. The number of benzene rings is 2. The zero-order valence-electron chi connectivity index (χ0n) is 21.6. The van der Waals surface area contributed by atoms with Crippen LogP contribution in [0.1, 0.15) is 43.7 Å². The third-order valence-electron chi connectivity index (χ3n) is 7.53. The van der Waals surface area contributed by atoms with E-state index >= 15 is 0 Å². The Kier molecular flexibility index (Phi) is 7.26. The van der Waals surface area contributed by atoms with E-state index in [1.54, 1.807) is 12.1 Å². The second-order valence-corrected chi connectivity index (χ2v) is 10.1. The molecule has 3 N–H and O–H groups in total. The van der Waals surface area contributed by atoms with E-state index in [9.17, 15) is 5.11 Å². The minimum Gasteiger partial charge on any atom is -0.508 e. The maximum atomic E-state index is 9.56. The molecule has 4 aromatic rings. The van der Waals surface area contributed by atoms with Gasteiger partial charge >= 0.3 is 0 Å². The van der Waals surface area contributed by atoms with Crippen molar-refractivity contribution in [2.75, 3.05) is 48.4 Å². The zero-order chi connectivity index (χ0) is 25.7. The number of nitrogens with zero attached hydrogens (tertiary/aromatic N) is 5. The maximum Gasteiger partial charge on any atom is 0.231 e. The van der Waals surface area contributed by atoms with E-state index in [0.717, 1.165) is 73.8 Å². The summed E-state index contributed by atoms with van der Waals surface area (Å²) in [7, 11) is 0. The van der Waals surface area contributed by atoms with Gasteiger partial charge in [0.25, 0.3) is 0 Å². The molecule has 2 aromatic heterocycles. The number of aromatic nitrogens is 4. The number of rotatable bonds is 8. The summed E-state index contributed by atoms with van der Waals surface area (Å²) in [5.41, 5.74) is 4.95. The Bertz CT molecular complexity index is 1340. The van der Waals surface area contributed by atoms with Crippen molar-refractivity contribution in [3.63, 3.8) is 0 Å². The number of phenolic OH excluding ortho intramolecular Hbond substituents is 1. The van der Waals surface area contributed by atoms with Crippen LogP contribution in [0.4, 0.5) is 23.1 Å². The van der Waals surface area contributed by atoms with Crippen molar-refractivity contribution in [1.29, 1.82) is 0 Å². The molecule has 1 saturated carbocycles. The minimum atomic E-state index is 0.279. The lowest BCUT2D eigenvalue weighted by Crippen LogP contribution is -2.36. The van der Waals surface area contributed by atoms with Gasteiger partial charge in [-0.2, -0.15) is 9.97 Å². The molecule has 0 unspecified atom stereocenters. The predicted octanol–water partition coefficient (Wildman–Crippen LogP) is 5.27. The first-order valence-electron chi connectivity index (χ1n) is 13.7. The molecule has 1 saturated heterocycles. The average molecular weight is 514 g/mol. The van der Waals surface area contributed by atoms with Crippen molar-refractivity contribution in [1.82, 2.24) is 19.5 Å². The second-order valence-electron chi connectivity index (χ2n) is 10.1. The van der Waals surface area contributed by atoms with E-state index in [0.29, 0.717) is 18.5 Å². The third kappa shape index (κ3) is 5.52. The monoisotopic (exact) mass is 513 g/mol. The van der Waals surface area contributed by atoms with Gasteiger partial charge < -0.3 is 29.9 Å². The van der Waals surface area contributed by atoms with Crippen LogP contribution in [0, 0.1) is 0 Å². The molecule has 1 aliphatic heterocycles. The summed E-state index contributed by atoms with van der Waals surface area (Å²) in [4.78, 5) is 16.9. The van der Waals surface area contributed by atoms with Crippen LogP contribution < -0.4 is 15.5 Å². The molecule has 6 rings (SSSR count). The number of aromatic hydroxyl groups is 1. The summed E-state index contributed by atoms with van der Waals surface area (Å²) in [5.74, 6) is 1.57.